The van der Waals surface area contributed by atoms with Crippen molar-refractivity contribution in [3.8, 4) is 0 Å². The number of thiazole rings is 1. The molecule has 1 aliphatic heterocycles. The van der Waals surface area contributed by atoms with E-state index in [-0.39, 0.29) is 27.4 Å². The summed E-state index contributed by atoms with van der Waals surface area (Å²) in [7, 11) is -4.76. The monoisotopic (exact) mass is 676 g/mol. The third-order valence-electron chi connectivity index (χ3n) is 6.67. The number of aromatic nitrogens is 3. The minimum Gasteiger partial charge on any atom is -0.390 e. The summed E-state index contributed by atoms with van der Waals surface area (Å²) in [5, 5.41) is 11.6. The molecule has 3 heterocycles. The smallest absolute Gasteiger partial charge is 0.362 e. The topological polar surface area (TPSA) is 238 Å². The van der Waals surface area contributed by atoms with Crippen LogP contribution in [0.2, 0.25) is 0 Å². The number of imidazole rings is 1. The van der Waals surface area contributed by atoms with E-state index in [9.17, 15) is 22.8 Å². The molecular weight excluding hydrogens is 640 g/mol. The Balaban J connectivity index is 0.000000738. The zero-order chi connectivity index (χ0) is 33.9. The van der Waals surface area contributed by atoms with Crippen LogP contribution in [0.5, 0.6) is 0 Å². The molecule has 1 saturated heterocycles. The van der Waals surface area contributed by atoms with E-state index < -0.39 is 40.1 Å². The Morgan fingerprint density at radius 1 is 1.22 bits per heavy atom. The molecule has 0 radical (unpaired) electrons. The largest absolute Gasteiger partial charge is 0.390 e. The molecule has 0 spiro atoms. The third-order valence-corrected chi connectivity index (χ3v) is 8.35. The number of oxime groups is 1. The molecule has 19 heteroatoms. The Hall–Kier alpha value is -4.72. The molecule has 1 aromatic carbocycles. The molecule has 248 valence electrons. The van der Waals surface area contributed by atoms with E-state index in [1.165, 1.54) is 38.2 Å². The number of hydrogen-bond acceptors (Lipinski definition) is 13. The molecule has 1 fully saturated rings. The van der Waals surface area contributed by atoms with Gasteiger partial charge in [-0.05, 0) is 44.3 Å². The van der Waals surface area contributed by atoms with E-state index in [2.05, 4.69) is 61.6 Å². The Bertz CT molecular complexity index is 1630. The van der Waals surface area contributed by atoms with Crippen LogP contribution < -0.4 is 16.5 Å². The predicted molar refractivity (Wildman–Crippen MR) is 171 cm³/mol. The number of benzene rings is 1. The molecular formula is C27H36N10O7S2. The second-order valence-corrected chi connectivity index (χ2v) is 11.8. The summed E-state index contributed by atoms with van der Waals surface area (Å²) < 4.78 is 32.0. The lowest BCUT2D eigenvalue weighted by Crippen LogP contribution is -2.71. The number of aromatic amines is 1. The Kier molecular flexibility index (Phi) is 12.9. The lowest BCUT2D eigenvalue weighted by molar-refractivity contribution is -0.143. The van der Waals surface area contributed by atoms with Crippen molar-refractivity contribution in [1.82, 2.24) is 34.9 Å². The number of carbonyl (C=O) groups is 3. The van der Waals surface area contributed by atoms with Crippen LogP contribution in [-0.4, -0.2) is 98.5 Å². The van der Waals surface area contributed by atoms with Crippen molar-refractivity contribution in [3.63, 3.8) is 0 Å². The summed E-state index contributed by atoms with van der Waals surface area (Å²) in [5.41, 5.74) is 8.73. The number of rotatable bonds is 13. The van der Waals surface area contributed by atoms with E-state index in [0.29, 0.717) is 17.0 Å². The standard InChI is InChI=1S/C21H21N9O7S2.C6H15N/c1-11-16(20(33)30(11)39(34,35)36)27-19(32)17(14-10-38-21(22)26-14)29-37-9-12-2-4-13(5-3-12)18(31)28-25-8-15-23-6-7-24-15;1-4-7(5-2)6-3/h2-8,10-11,16H,9H2,1H3,(H2,22,26)(H,23,24)(H,27,32)(H,28,31)(H,34,35,36);4-6H2,1-3H3/b25-8+,29-17-;/t11-,16-;/m0./s1. The number of amides is 3. The van der Waals surface area contributed by atoms with E-state index in [0.717, 1.165) is 11.3 Å². The predicted octanol–water partition coefficient (Wildman–Crippen LogP) is 1.000. The van der Waals surface area contributed by atoms with Gasteiger partial charge in [0.25, 0.3) is 17.7 Å². The highest BCUT2D eigenvalue weighted by Gasteiger charge is 2.51. The number of nitrogen functional groups attached to an aromatic ring is 1. The van der Waals surface area contributed by atoms with Crippen LogP contribution in [0.3, 0.4) is 0 Å². The highest BCUT2D eigenvalue weighted by molar-refractivity contribution is 7.84. The lowest BCUT2D eigenvalue weighted by atomic mass is 10.0. The van der Waals surface area contributed by atoms with Gasteiger partial charge in [0.2, 0.25) is 0 Å². The Morgan fingerprint density at radius 2 is 1.89 bits per heavy atom. The number of β-lactam (4-membered cyclic amide) rings is 1. The number of nitrogens with zero attached hydrogens (tertiary/aromatic N) is 6. The normalized spacial score (nSPS) is 16.5. The molecule has 17 nitrogen and oxygen atoms in total. The first-order valence-electron chi connectivity index (χ1n) is 14.1. The van der Waals surface area contributed by atoms with Gasteiger partial charge in [-0.25, -0.2) is 19.7 Å². The van der Waals surface area contributed by atoms with Crippen LogP contribution in [0.1, 0.15) is 55.1 Å². The fourth-order valence-corrected chi connectivity index (χ4v) is 5.50. The zero-order valence-electron chi connectivity index (χ0n) is 25.6. The number of hydrogen-bond donors (Lipinski definition) is 5. The van der Waals surface area contributed by atoms with Gasteiger partial charge in [-0.1, -0.05) is 38.1 Å². The van der Waals surface area contributed by atoms with E-state index >= 15 is 0 Å². The average molecular weight is 677 g/mol. The van der Waals surface area contributed by atoms with Gasteiger partial charge in [0.1, 0.15) is 24.2 Å². The number of carbonyl (C=O) groups excluding carboxylic acids is 3. The molecule has 2 aromatic heterocycles. The van der Waals surface area contributed by atoms with Crippen LogP contribution in [0, 0.1) is 0 Å². The third kappa shape index (κ3) is 9.64. The van der Waals surface area contributed by atoms with E-state index in [1.807, 2.05) is 0 Å². The van der Waals surface area contributed by atoms with Crippen molar-refractivity contribution < 1.29 is 32.2 Å². The number of hydrazone groups is 1. The van der Waals surface area contributed by atoms with Gasteiger partial charge < -0.3 is 25.8 Å². The van der Waals surface area contributed by atoms with E-state index in [4.69, 9.17) is 15.1 Å². The van der Waals surface area contributed by atoms with Crippen LogP contribution in [0.4, 0.5) is 5.13 Å². The van der Waals surface area contributed by atoms with Gasteiger partial charge in [-0.3, -0.25) is 18.9 Å². The van der Waals surface area contributed by atoms with Gasteiger partial charge in [-0.2, -0.15) is 13.5 Å². The van der Waals surface area contributed by atoms with Crippen molar-refractivity contribution in [3.05, 3.63) is 64.7 Å². The Morgan fingerprint density at radius 3 is 2.39 bits per heavy atom. The number of anilines is 1. The molecule has 3 aromatic rings. The molecule has 1 aliphatic rings. The highest BCUT2D eigenvalue weighted by atomic mass is 32.2. The molecule has 46 heavy (non-hydrogen) atoms. The van der Waals surface area contributed by atoms with Gasteiger partial charge in [0.15, 0.2) is 10.8 Å². The maximum atomic E-state index is 12.9. The summed E-state index contributed by atoms with van der Waals surface area (Å²) in [6, 6.07) is 4.06. The zero-order valence-corrected chi connectivity index (χ0v) is 27.2. The summed E-state index contributed by atoms with van der Waals surface area (Å²) in [4.78, 5) is 55.7. The molecule has 0 bridgehead atoms. The SMILES string of the molecule is CCN(CC)CC.C[C@H]1[C@H](NC(=O)/C(=N\OCc2ccc(C(=O)N/N=C/c3ncc[nH]3)cc2)c2csc(N)n2)C(=O)N1S(=O)(=O)O. The minimum absolute atomic E-state index is 0.0724. The summed E-state index contributed by atoms with van der Waals surface area (Å²) in [6.45, 7) is 11.4. The molecule has 0 saturated carbocycles. The van der Waals surface area contributed by atoms with Gasteiger partial charge in [0, 0.05) is 23.3 Å². The summed E-state index contributed by atoms with van der Waals surface area (Å²) in [5.74, 6) is -1.85. The first kappa shape index (κ1) is 35.8. The quantitative estimate of drug-likeness (QED) is 0.0741. The number of nitrogens with two attached hydrogens (primary N) is 1. The second-order valence-electron chi connectivity index (χ2n) is 9.58. The van der Waals surface area contributed by atoms with Crippen LogP contribution in [-0.2, 0) is 31.3 Å². The molecule has 3 amide bonds. The van der Waals surface area contributed by atoms with Crippen LogP contribution in [0.15, 0.2) is 52.3 Å². The highest BCUT2D eigenvalue weighted by Crippen LogP contribution is 2.23. The molecule has 6 N–H and O–H groups in total. The van der Waals surface area contributed by atoms with Crippen molar-refractivity contribution in [2.24, 2.45) is 10.3 Å². The van der Waals surface area contributed by atoms with Crippen molar-refractivity contribution in [2.45, 2.75) is 46.4 Å². The Labute approximate surface area is 269 Å². The minimum atomic E-state index is -4.76. The first-order valence-corrected chi connectivity index (χ1v) is 16.3. The van der Waals surface area contributed by atoms with Crippen molar-refractivity contribution in [1.29, 1.82) is 0 Å². The van der Waals surface area contributed by atoms with E-state index in [1.54, 1.807) is 36.7 Å². The summed E-state index contributed by atoms with van der Waals surface area (Å²) in [6.07, 6.45) is 4.52. The fourth-order valence-electron chi connectivity index (χ4n) is 4.07. The first-order chi connectivity index (χ1) is 21.9. The van der Waals surface area contributed by atoms with Crippen LogP contribution >= 0.6 is 11.3 Å². The maximum absolute atomic E-state index is 12.9. The number of H-pyrrole nitrogens is 1. The average Bonchev–Trinajstić information content (AvgIpc) is 3.71. The molecule has 0 unspecified atom stereocenters. The molecule has 4 rings (SSSR count). The van der Waals surface area contributed by atoms with Gasteiger partial charge >= 0.3 is 10.3 Å². The summed E-state index contributed by atoms with van der Waals surface area (Å²) >= 11 is 1.04. The number of nitrogens with one attached hydrogen (secondary N) is 3. The fraction of sp³-hybridized carbons (Fsp3) is 0.370. The molecule has 0 aliphatic carbocycles. The second kappa shape index (κ2) is 16.5. The maximum Gasteiger partial charge on any atom is 0.362 e. The lowest BCUT2D eigenvalue weighted by Gasteiger charge is -2.42. The van der Waals surface area contributed by atoms with Gasteiger partial charge in [0.05, 0.1) is 12.3 Å². The van der Waals surface area contributed by atoms with Crippen molar-refractivity contribution >= 4 is 56.4 Å². The van der Waals surface area contributed by atoms with Gasteiger partial charge in [-0.15, -0.1) is 11.3 Å². The van der Waals surface area contributed by atoms with Crippen LogP contribution in [0.25, 0.3) is 0 Å². The molecule has 2 atom stereocenters. The van der Waals surface area contributed by atoms with Crippen molar-refractivity contribution in [2.75, 3.05) is 25.4 Å².